The van der Waals surface area contributed by atoms with Gasteiger partial charge in [0.1, 0.15) is 11.7 Å². The molecule has 0 radical (unpaired) electrons. The second-order valence-corrected chi connectivity index (χ2v) is 4.94. The quantitative estimate of drug-likeness (QED) is 0.806. The topological polar surface area (TPSA) is 63.0 Å². The van der Waals surface area contributed by atoms with E-state index in [9.17, 15) is 23.2 Å². The Labute approximate surface area is 136 Å². The summed E-state index contributed by atoms with van der Waals surface area (Å²) >= 11 is 0. The van der Waals surface area contributed by atoms with E-state index in [1.54, 1.807) is 24.3 Å². The minimum absolute atomic E-state index is 0.0378. The number of benzene rings is 1. The number of halogens is 3. The van der Waals surface area contributed by atoms with Crippen molar-refractivity contribution in [3.8, 4) is 11.8 Å². The first-order chi connectivity index (χ1) is 11.4. The third kappa shape index (κ3) is 4.81. The van der Waals surface area contributed by atoms with Gasteiger partial charge in [-0.05, 0) is 30.2 Å². The fraction of sp³-hybridized carbons (Fsp3) is 0.235. The van der Waals surface area contributed by atoms with E-state index in [0.717, 1.165) is 0 Å². The van der Waals surface area contributed by atoms with Crippen LogP contribution in [-0.2, 0) is 11.2 Å². The lowest BCUT2D eigenvalue weighted by molar-refractivity contribution is -0.274. The molecule has 1 atom stereocenters. The van der Waals surface area contributed by atoms with E-state index in [0.29, 0.717) is 5.69 Å². The molecule has 0 unspecified atom stereocenters. The fourth-order valence-electron chi connectivity index (χ4n) is 2.19. The van der Waals surface area contributed by atoms with E-state index in [-0.39, 0.29) is 24.2 Å². The zero-order valence-electron chi connectivity index (χ0n) is 12.5. The van der Waals surface area contributed by atoms with Crippen LogP contribution in [0.2, 0.25) is 0 Å². The van der Waals surface area contributed by atoms with Gasteiger partial charge in [-0.2, -0.15) is 5.26 Å². The summed E-state index contributed by atoms with van der Waals surface area (Å²) in [6.07, 6.45) is -3.38. The number of ether oxygens (including phenoxy) is 1. The fourth-order valence-corrected chi connectivity index (χ4v) is 2.19. The Hall–Kier alpha value is -2.88. The number of rotatable bonds is 6. The number of para-hydroxylation sites is 1. The Morgan fingerprint density at radius 1 is 1.21 bits per heavy atom. The number of pyridine rings is 1. The highest BCUT2D eigenvalue weighted by atomic mass is 19.4. The molecule has 1 aromatic carbocycles. The van der Waals surface area contributed by atoms with Crippen molar-refractivity contribution in [2.24, 2.45) is 0 Å². The van der Waals surface area contributed by atoms with Crippen molar-refractivity contribution in [3.05, 3.63) is 59.9 Å². The molecule has 0 saturated heterocycles. The smallest absolute Gasteiger partial charge is 0.406 e. The van der Waals surface area contributed by atoms with E-state index in [1.807, 2.05) is 6.07 Å². The van der Waals surface area contributed by atoms with Crippen LogP contribution in [0.5, 0.6) is 5.75 Å². The van der Waals surface area contributed by atoms with Gasteiger partial charge in [0.25, 0.3) is 0 Å². The van der Waals surface area contributed by atoms with Crippen LogP contribution in [0.1, 0.15) is 23.6 Å². The largest absolute Gasteiger partial charge is 0.573 e. The van der Waals surface area contributed by atoms with Gasteiger partial charge in [-0.15, -0.1) is 13.2 Å². The number of ketones is 1. The number of aromatic nitrogens is 1. The minimum atomic E-state index is -4.80. The number of hydrogen-bond acceptors (Lipinski definition) is 4. The molecule has 0 saturated carbocycles. The normalized spacial score (nSPS) is 12.2. The van der Waals surface area contributed by atoms with Crippen LogP contribution < -0.4 is 4.74 Å². The van der Waals surface area contributed by atoms with Gasteiger partial charge in [0.05, 0.1) is 11.8 Å². The number of nitriles is 1. The Balaban J connectivity index is 2.08. The van der Waals surface area contributed by atoms with Crippen LogP contribution in [0.4, 0.5) is 13.2 Å². The maximum atomic E-state index is 12.4. The molecule has 2 rings (SSSR count). The second kappa shape index (κ2) is 7.59. The minimum Gasteiger partial charge on any atom is -0.406 e. The number of carbonyl (C=O) groups excluding carboxylic acids is 1. The molecule has 0 aliphatic heterocycles. The van der Waals surface area contributed by atoms with Gasteiger partial charge in [-0.25, -0.2) is 0 Å². The number of hydrogen-bond donors (Lipinski definition) is 0. The molecule has 0 spiro atoms. The summed E-state index contributed by atoms with van der Waals surface area (Å²) in [5, 5.41) is 9.17. The van der Waals surface area contributed by atoms with Gasteiger partial charge < -0.3 is 4.74 Å². The zero-order valence-corrected chi connectivity index (χ0v) is 12.5. The van der Waals surface area contributed by atoms with E-state index in [2.05, 4.69) is 9.72 Å². The van der Waals surface area contributed by atoms with Crippen LogP contribution in [0.25, 0.3) is 0 Å². The standard InChI is InChI=1S/C17H13F3N2O2/c18-17(19,20)24-16-7-2-1-5-12(16)8-9-15(23)13(11-21)14-6-3-4-10-22-14/h1-7,10,13H,8-9H2/t13-/m1/s1. The van der Waals surface area contributed by atoms with Crippen LogP contribution in [0.15, 0.2) is 48.7 Å². The SMILES string of the molecule is N#C[C@@H](C(=O)CCc1ccccc1OC(F)(F)F)c1ccccn1. The van der Waals surface area contributed by atoms with Crippen molar-refractivity contribution in [1.82, 2.24) is 4.98 Å². The van der Waals surface area contributed by atoms with E-state index in [1.165, 1.54) is 24.4 Å². The summed E-state index contributed by atoms with van der Waals surface area (Å²) in [5.74, 6) is -1.79. The highest BCUT2D eigenvalue weighted by Gasteiger charge is 2.32. The van der Waals surface area contributed by atoms with Crippen molar-refractivity contribution >= 4 is 5.78 Å². The zero-order chi connectivity index (χ0) is 17.6. The molecule has 2 aromatic rings. The molecular formula is C17H13F3N2O2. The summed E-state index contributed by atoms with van der Waals surface area (Å²) in [6, 6.07) is 12.4. The van der Waals surface area contributed by atoms with Gasteiger partial charge in [0.15, 0.2) is 5.78 Å². The first-order valence-corrected chi connectivity index (χ1v) is 7.07. The van der Waals surface area contributed by atoms with Crippen molar-refractivity contribution in [1.29, 1.82) is 5.26 Å². The van der Waals surface area contributed by atoms with Crippen LogP contribution in [0, 0.1) is 11.3 Å². The Morgan fingerprint density at radius 2 is 1.92 bits per heavy atom. The Kier molecular flexibility index (Phi) is 5.53. The highest BCUT2D eigenvalue weighted by Crippen LogP contribution is 2.27. The van der Waals surface area contributed by atoms with Gasteiger partial charge in [0, 0.05) is 12.6 Å². The third-order valence-electron chi connectivity index (χ3n) is 3.27. The van der Waals surface area contributed by atoms with Crippen molar-refractivity contribution < 1.29 is 22.7 Å². The molecule has 0 fully saturated rings. The Bertz CT molecular complexity index is 739. The number of Topliss-reactive ketones (excluding diaryl/α,β-unsaturated/α-hetero) is 1. The van der Waals surface area contributed by atoms with Gasteiger partial charge in [0.2, 0.25) is 0 Å². The molecule has 7 heteroatoms. The van der Waals surface area contributed by atoms with Crippen LogP contribution >= 0.6 is 0 Å². The van der Waals surface area contributed by atoms with Crippen molar-refractivity contribution in [2.75, 3.05) is 0 Å². The molecule has 0 N–H and O–H groups in total. The number of aryl methyl sites for hydroxylation is 1. The highest BCUT2D eigenvalue weighted by molar-refractivity contribution is 5.88. The summed E-state index contributed by atoms with van der Waals surface area (Å²) in [6.45, 7) is 0. The molecule has 124 valence electrons. The van der Waals surface area contributed by atoms with Crippen molar-refractivity contribution in [3.63, 3.8) is 0 Å². The lowest BCUT2D eigenvalue weighted by atomic mass is 9.95. The molecule has 1 aromatic heterocycles. The van der Waals surface area contributed by atoms with Crippen molar-refractivity contribution in [2.45, 2.75) is 25.1 Å². The third-order valence-corrected chi connectivity index (χ3v) is 3.27. The molecule has 4 nitrogen and oxygen atoms in total. The predicted molar refractivity (Wildman–Crippen MR) is 79.0 cm³/mol. The molecular weight excluding hydrogens is 321 g/mol. The van der Waals surface area contributed by atoms with Gasteiger partial charge in [-0.1, -0.05) is 24.3 Å². The average molecular weight is 334 g/mol. The van der Waals surface area contributed by atoms with E-state index in [4.69, 9.17) is 0 Å². The predicted octanol–water partition coefficient (Wildman–Crippen LogP) is 3.79. The van der Waals surface area contributed by atoms with Gasteiger partial charge >= 0.3 is 6.36 Å². The van der Waals surface area contributed by atoms with E-state index < -0.39 is 18.1 Å². The number of carbonyl (C=O) groups is 1. The number of alkyl halides is 3. The molecule has 0 bridgehead atoms. The molecule has 24 heavy (non-hydrogen) atoms. The first-order valence-electron chi connectivity index (χ1n) is 7.07. The lowest BCUT2D eigenvalue weighted by Crippen LogP contribution is -2.18. The summed E-state index contributed by atoms with van der Waals surface area (Å²) in [7, 11) is 0. The van der Waals surface area contributed by atoms with Crippen LogP contribution in [-0.4, -0.2) is 17.1 Å². The molecule has 1 heterocycles. The summed E-state index contributed by atoms with van der Waals surface area (Å²) in [4.78, 5) is 16.2. The molecule has 0 aliphatic rings. The monoisotopic (exact) mass is 334 g/mol. The molecule has 0 amide bonds. The second-order valence-electron chi connectivity index (χ2n) is 4.94. The Morgan fingerprint density at radius 3 is 2.54 bits per heavy atom. The summed E-state index contributed by atoms with van der Waals surface area (Å²) in [5.41, 5.74) is 0.575. The van der Waals surface area contributed by atoms with E-state index >= 15 is 0 Å². The first kappa shape index (κ1) is 17.5. The van der Waals surface area contributed by atoms with Crippen LogP contribution in [0.3, 0.4) is 0 Å². The lowest BCUT2D eigenvalue weighted by Gasteiger charge is -2.13. The van der Waals surface area contributed by atoms with Gasteiger partial charge in [-0.3, -0.25) is 9.78 Å². The summed E-state index contributed by atoms with van der Waals surface area (Å²) < 4.78 is 41.1. The maximum Gasteiger partial charge on any atom is 0.573 e. The molecule has 0 aliphatic carbocycles. The average Bonchev–Trinajstić information content (AvgIpc) is 2.54. The maximum absolute atomic E-state index is 12.4. The number of nitrogens with zero attached hydrogens (tertiary/aromatic N) is 2.